The number of nitro groups is 1. The molecule has 10 nitrogen and oxygen atoms in total. The highest BCUT2D eigenvalue weighted by Gasteiger charge is 2.16. The van der Waals surface area contributed by atoms with Crippen molar-refractivity contribution >= 4 is 21.7 Å². The normalized spacial score (nSPS) is 15.4. The Kier molecular flexibility index (Phi) is 8.10. The number of nitrogens with zero attached hydrogens (tertiary/aromatic N) is 2. The highest BCUT2D eigenvalue weighted by atomic mass is 32.2. The standard InChI is InChI=1S/C16H23N3O7S/c20-16(26-15-5-3-14(4-6-15)19(21)22)2-1-7-17-27(23,24)13-10-18-8-11-25-12-9-18/h3-6,17H,1-2,7-13H2. The topological polar surface area (TPSA) is 128 Å². The minimum Gasteiger partial charge on any atom is -0.427 e. The van der Waals surface area contributed by atoms with Crippen LogP contribution in [0.4, 0.5) is 5.69 Å². The molecule has 0 aromatic heterocycles. The molecule has 150 valence electrons. The molecule has 0 unspecified atom stereocenters. The lowest BCUT2D eigenvalue weighted by Gasteiger charge is -2.26. The van der Waals surface area contributed by atoms with Crippen LogP contribution < -0.4 is 9.46 Å². The molecule has 1 fully saturated rings. The first-order valence-corrected chi connectivity index (χ1v) is 10.2. The summed E-state index contributed by atoms with van der Waals surface area (Å²) in [6.45, 7) is 3.27. The van der Waals surface area contributed by atoms with E-state index in [1.807, 2.05) is 4.90 Å². The van der Waals surface area contributed by atoms with Gasteiger partial charge in [0.25, 0.3) is 5.69 Å². The molecule has 0 bridgehead atoms. The SMILES string of the molecule is O=C(CCCNS(=O)(=O)CCN1CCOCC1)Oc1ccc([N+](=O)[O-])cc1. The van der Waals surface area contributed by atoms with Crippen LogP contribution in [0.15, 0.2) is 24.3 Å². The molecule has 2 rings (SSSR count). The van der Waals surface area contributed by atoms with Crippen molar-refractivity contribution in [2.45, 2.75) is 12.8 Å². The number of nitro benzene ring substituents is 1. The highest BCUT2D eigenvalue weighted by molar-refractivity contribution is 7.89. The molecule has 1 aliphatic heterocycles. The van der Waals surface area contributed by atoms with Crippen molar-refractivity contribution in [2.24, 2.45) is 0 Å². The van der Waals surface area contributed by atoms with Crippen LogP contribution in [0.3, 0.4) is 0 Å². The number of nitrogens with one attached hydrogen (secondary N) is 1. The Balaban J connectivity index is 1.63. The first-order valence-electron chi connectivity index (χ1n) is 8.58. The zero-order chi connectivity index (χ0) is 19.7. The number of non-ortho nitro benzene ring substituents is 1. The zero-order valence-corrected chi connectivity index (χ0v) is 15.7. The third-order valence-electron chi connectivity index (χ3n) is 3.94. The summed E-state index contributed by atoms with van der Waals surface area (Å²) in [7, 11) is -3.40. The third-order valence-corrected chi connectivity index (χ3v) is 5.30. The molecule has 0 saturated carbocycles. The molecule has 1 N–H and O–H groups in total. The van der Waals surface area contributed by atoms with E-state index in [-0.39, 0.29) is 30.2 Å². The van der Waals surface area contributed by atoms with Crippen LogP contribution in [0.5, 0.6) is 5.75 Å². The molecular weight excluding hydrogens is 378 g/mol. The number of hydrogen-bond acceptors (Lipinski definition) is 8. The van der Waals surface area contributed by atoms with Crippen LogP contribution in [0.2, 0.25) is 0 Å². The summed E-state index contributed by atoms with van der Waals surface area (Å²) in [6, 6.07) is 5.16. The first kappa shape index (κ1) is 21.2. The summed E-state index contributed by atoms with van der Waals surface area (Å²) in [5.74, 6) is -0.326. The van der Waals surface area contributed by atoms with Crippen molar-refractivity contribution in [3.8, 4) is 5.75 Å². The van der Waals surface area contributed by atoms with Crippen LogP contribution in [0.25, 0.3) is 0 Å². The average molecular weight is 401 g/mol. The van der Waals surface area contributed by atoms with Gasteiger partial charge >= 0.3 is 5.97 Å². The maximum absolute atomic E-state index is 12.0. The highest BCUT2D eigenvalue weighted by Crippen LogP contribution is 2.17. The number of morpholine rings is 1. The maximum atomic E-state index is 12.0. The molecule has 0 amide bonds. The van der Waals surface area contributed by atoms with Gasteiger partial charge in [-0.3, -0.25) is 19.8 Å². The predicted octanol–water partition coefficient (Wildman–Crippen LogP) is 0.532. The second kappa shape index (κ2) is 10.3. The van der Waals surface area contributed by atoms with Crippen LogP contribution in [-0.2, 0) is 19.6 Å². The van der Waals surface area contributed by atoms with E-state index in [0.717, 1.165) is 13.1 Å². The molecule has 1 saturated heterocycles. The van der Waals surface area contributed by atoms with E-state index in [4.69, 9.17) is 9.47 Å². The van der Waals surface area contributed by atoms with Crippen molar-refractivity contribution in [1.29, 1.82) is 0 Å². The van der Waals surface area contributed by atoms with Gasteiger partial charge in [0.15, 0.2) is 0 Å². The minimum atomic E-state index is -3.40. The van der Waals surface area contributed by atoms with Crippen LogP contribution in [0.1, 0.15) is 12.8 Å². The van der Waals surface area contributed by atoms with Gasteiger partial charge in [0.2, 0.25) is 10.0 Å². The van der Waals surface area contributed by atoms with Gasteiger partial charge in [-0.05, 0) is 18.6 Å². The first-order chi connectivity index (χ1) is 12.9. The van der Waals surface area contributed by atoms with Gasteiger partial charge in [0, 0.05) is 44.7 Å². The lowest BCUT2D eigenvalue weighted by molar-refractivity contribution is -0.384. The smallest absolute Gasteiger partial charge is 0.311 e. The Bertz CT molecular complexity index is 731. The molecule has 1 aliphatic rings. The number of esters is 1. The van der Waals surface area contributed by atoms with Gasteiger partial charge in [-0.25, -0.2) is 13.1 Å². The molecule has 27 heavy (non-hydrogen) atoms. The quantitative estimate of drug-likeness (QED) is 0.198. The number of ether oxygens (including phenoxy) is 2. The number of carbonyl (C=O) groups excluding carboxylic acids is 1. The number of benzene rings is 1. The Morgan fingerprint density at radius 3 is 2.56 bits per heavy atom. The Hall–Kier alpha value is -2.08. The molecule has 1 aromatic rings. The fourth-order valence-electron chi connectivity index (χ4n) is 2.42. The van der Waals surface area contributed by atoms with E-state index in [2.05, 4.69) is 4.72 Å². The number of rotatable bonds is 10. The Morgan fingerprint density at radius 2 is 1.93 bits per heavy atom. The van der Waals surface area contributed by atoms with Gasteiger partial charge in [-0.15, -0.1) is 0 Å². The summed E-state index contributed by atoms with van der Waals surface area (Å²) in [5.41, 5.74) is -0.0960. The fourth-order valence-corrected chi connectivity index (χ4v) is 3.52. The van der Waals surface area contributed by atoms with E-state index >= 15 is 0 Å². The van der Waals surface area contributed by atoms with Crippen LogP contribution >= 0.6 is 0 Å². The lowest BCUT2D eigenvalue weighted by atomic mass is 10.3. The molecule has 0 radical (unpaired) electrons. The summed E-state index contributed by atoms with van der Waals surface area (Å²) in [4.78, 5) is 23.8. The summed E-state index contributed by atoms with van der Waals surface area (Å²) in [6.07, 6.45) is 0.325. The van der Waals surface area contributed by atoms with Crippen molar-refractivity contribution in [3.05, 3.63) is 34.4 Å². The maximum Gasteiger partial charge on any atom is 0.311 e. The molecule has 0 atom stereocenters. The largest absolute Gasteiger partial charge is 0.427 e. The van der Waals surface area contributed by atoms with Gasteiger partial charge < -0.3 is 9.47 Å². The van der Waals surface area contributed by atoms with E-state index in [1.165, 1.54) is 24.3 Å². The lowest BCUT2D eigenvalue weighted by Crippen LogP contribution is -2.41. The van der Waals surface area contributed by atoms with Gasteiger partial charge in [0.05, 0.1) is 23.9 Å². The molecule has 1 aromatic carbocycles. The van der Waals surface area contributed by atoms with Crippen molar-refractivity contribution in [3.63, 3.8) is 0 Å². The van der Waals surface area contributed by atoms with Gasteiger partial charge in [0.1, 0.15) is 5.75 Å². The molecule has 11 heteroatoms. The minimum absolute atomic E-state index is 0.000240. The monoisotopic (exact) mass is 401 g/mol. The molecule has 0 spiro atoms. The second-order valence-electron chi connectivity index (χ2n) is 6.00. The number of hydrogen-bond donors (Lipinski definition) is 1. The van der Waals surface area contributed by atoms with Crippen LogP contribution in [0, 0.1) is 10.1 Å². The fraction of sp³-hybridized carbons (Fsp3) is 0.562. The summed E-state index contributed by atoms with van der Waals surface area (Å²) < 4.78 is 36.6. The Labute approximate surface area is 157 Å². The summed E-state index contributed by atoms with van der Waals surface area (Å²) >= 11 is 0. The van der Waals surface area contributed by atoms with Crippen molar-refractivity contribution < 1.29 is 27.6 Å². The Morgan fingerprint density at radius 1 is 1.26 bits per heavy atom. The third kappa shape index (κ3) is 7.99. The van der Waals surface area contributed by atoms with Crippen molar-refractivity contribution in [1.82, 2.24) is 9.62 Å². The molecule has 0 aliphatic carbocycles. The number of carbonyl (C=O) groups is 1. The second-order valence-corrected chi connectivity index (χ2v) is 7.92. The van der Waals surface area contributed by atoms with Crippen LogP contribution in [-0.4, -0.2) is 69.4 Å². The predicted molar refractivity (Wildman–Crippen MR) is 97.0 cm³/mol. The van der Waals surface area contributed by atoms with Crippen molar-refractivity contribution in [2.75, 3.05) is 45.1 Å². The number of sulfonamides is 1. The van der Waals surface area contributed by atoms with E-state index in [0.29, 0.717) is 26.2 Å². The average Bonchev–Trinajstić information content (AvgIpc) is 2.65. The molecular formula is C16H23N3O7S. The van der Waals surface area contributed by atoms with E-state index < -0.39 is 20.9 Å². The summed E-state index contributed by atoms with van der Waals surface area (Å²) in [5, 5.41) is 10.6. The van der Waals surface area contributed by atoms with Gasteiger partial charge in [-0.1, -0.05) is 0 Å². The zero-order valence-electron chi connectivity index (χ0n) is 14.8. The van der Waals surface area contributed by atoms with Gasteiger partial charge in [-0.2, -0.15) is 0 Å². The van der Waals surface area contributed by atoms with E-state index in [9.17, 15) is 23.3 Å². The molecule has 1 heterocycles. The van der Waals surface area contributed by atoms with E-state index in [1.54, 1.807) is 0 Å².